The van der Waals surface area contributed by atoms with Crippen LogP contribution in [-0.4, -0.2) is 28.0 Å². The molecule has 17 heavy (non-hydrogen) atoms. The number of nitrogens with one attached hydrogen (secondary N) is 1. The van der Waals surface area contributed by atoms with E-state index >= 15 is 0 Å². The smallest absolute Gasteiger partial charge is 0.272 e. The van der Waals surface area contributed by atoms with Crippen LogP contribution in [0.1, 0.15) is 37.0 Å². The van der Waals surface area contributed by atoms with Crippen LogP contribution in [0.2, 0.25) is 0 Å². The zero-order valence-corrected chi connectivity index (χ0v) is 11.0. The number of rotatable bonds is 3. The van der Waals surface area contributed by atoms with E-state index < -0.39 is 5.41 Å². The van der Waals surface area contributed by atoms with Crippen molar-refractivity contribution >= 4 is 11.7 Å². The first-order valence-corrected chi connectivity index (χ1v) is 5.54. The Bertz CT molecular complexity index is 422. The summed E-state index contributed by atoms with van der Waals surface area (Å²) in [7, 11) is 1.77. The Kier molecular flexibility index (Phi) is 3.70. The van der Waals surface area contributed by atoms with E-state index in [1.165, 1.54) is 0 Å². The molecule has 1 heterocycles. The zero-order valence-electron chi connectivity index (χ0n) is 11.0. The van der Waals surface area contributed by atoms with Crippen LogP contribution < -0.4 is 5.32 Å². The van der Waals surface area contributed by atoms with Gasteiger partial charge in [0.25, 0.3) is 5.91 Å². The molecule has 0 unspecified atom stereocenters. The fourth-order valence-electron chi connectivity index (χ4n) is 1.19. The van der Waals surface area contributed by atoms with Gasteiger partial charge in [0.2, 0.25) is 0 Å². The van der Waals surface area contributed by atoms with E-state index in [1.807, 2.05) is 27.7 Å². The highest BCUT2D eigenvalue weighted by atomic mass is 16.2. The molecule has 0 aliphatic carbocycles. The van der Waals surface area contributed by atoms with Gasteiger partial charge < -0.3 is 5.32 Å². The molecule has 0 bridgehead atoms. The topological polar surface area (TPSA) is 64.0 Å². The fraction of sp³-hybridized carbons (Fsp3) is 0.583. The summed E-state index contributed by atoms with van der Waals surface area (Å²) in [5, 5.41) is 6.63. The summed E-state index contributed by atoms with van der Waals surface area (Å²) in [5.41, 5.74) is 0.803. The summed E-state index contributed by atoms with van der Waals surface area (Å²) in [5.74, 6) is -0.315. The SMILES string of the molecule is Cc1cc(C(=O)NCC(=O)C(C)(C)C)nn1C. The summed E-state index contributed by atoms with van der Waals surface area (Å²) in [6.45, 7) is 7.38. The largest absolute Gasteiger partial charge is 0.344 e. The van der Waals surface area contributed by atoms with Gasteiger partial charge in [0.15, 0.2) is 5.78 Å². The molecule has 0 aromatic carbocycles. The van der Waals surface area contributed by atoms with Crippen LogP contribution in [0.5, 0.6) is 0 Å². The van der Waals surface area contributed by atoms with Gasteiger partial charge >= 0.3 is 0 Å². The van der Waals surface area contributed by atoms with Crippen LogP contribution in [0.3, 0.4) is 0 Å². The third kappa shape index (κ3) is 3.41. The number of carbonyl (C=O) groups is 2. The Balaban J connectivity index is 2.60. The van der Waals surface area contributed by atoms with Crippen LogP contribution in [0, 0.1) is 12.3 Å². The molecule has 1 amide bonds. The van der Waals surface area contributed by atoms with Gasteiger partial charge in [0.05, 0.1) is 6.54 Å². The van der Waals surface area contributed by atoms with Crippen molar-refractivity contribution < 1.29 is 9.59 Å². The van der Waals surface area contributed by atoms with Crippen molar-refractivity contribution in [3.63, 3.8) is 0 Å². The maximum atomic E-state index is 11.7. The van der Waals surface area contributed by atoms with Gasteiger partial charge in [-0.15, -0.1) is 0 Å². The lowest BCUT2D eigenvalue weighted by Gasteiger charge is -2.16. The fourth-order valence-corrected chi connectivity index (χ4v) is 1.19. The highest BCUT2D eigenvalue weighted by Crippen LogP contribution is 2.13. The minimum Gasteiger partial charge on any atom is -0.344 e. The number of aromatic nitrogens is 2. The Morgan fingerprint density at radius 2 is 2.00 bits per heavy atom. The second-order valence-corrected chi connectivity index (χ2v) is 5.15. The first-order chi connectivity index (χ1) is 7.71. The normalized spacial score (nSPS) is 11.4. The average molecular weight is 237 g/mol. The third-order valence-electron chi connectivity index (χ3n) is 2.59. The number of ketones is 1. The van der Waals surface area contributed by atoms with Gasteiger partial charge in [-0.2, -0.15) is 5.10 Å². The molecule has 0 fully saturated rings. The van der Waals surface area contributed by atoms with Gasteiger partial charge in [0, 0.05) is 18.2 Å². The van der Waals surface area contributed by atoms with E-state index in [4.69, 9.17) is 0 Å². The number of hydrogen-bond acceptors (Lipinski definition) is 3. The van der Waals surface area contributed by atoms with Crippen LogP contribution in [0.25, 0.3) is 0 Å². The average Bonchev–Trinajstić information content (AvgIpc) is 2.54. The van der Waals surface area contributed by atoms with Gasteiger partial charge in [-0.05, 0) is 13.0 Å². The molecule has 5 nitrogen and oxygen atoms in total. The summed E-state index contributed by atoms with van der Waals surface area (Å²) in [6.07, 6.45) is 0. The molecule has 0 spiro atoms. The Hall–Kier alpha value is -1.65. The molecule has 1 rings (SSSR count). The van der Waals surface area contributed by atoms with Crippen LogP contribution in [0.15, 0.2) is 6.07 Å². The molecule has 5 heteroatoms. The van der Waals surface area contributed by atoms with Gasteiger partial charge in [-0.3, -0.25) is 14.3 Å². The molecule has 0 aliphatic rings. The maximum Gasteiger partial charge on any atom is 0.272 e. The van der Waals surface area contributed by atoms with Crippen molar-refractivity contribution in [1.82, 2.24) is 15.1 Å². The minimum absolute atomic E-state index is 0.00139. The number of hydrogen-bond donors (Lipinski definition) is 1. The van der Waals surface area contributed by atoms with E-state index in [9.17, 15) is 9.59 Å². The quantitative estimate of drug-likeness (QED) is 0.855. The zero-order chi connectivity index (χ0) is 13.2. The lowest BCUT2D eigenvalue weighted by molar-refractivity contribution is -0.125. The van der Waals surface area contributed by atoms with E-state index in [-0.39, 0.29) is 18.2 Å². The first-order valence-electron chi connectivity index (χ1n) is 5.54. The van der Waals surface area contributed by atoms with Gasteiger partial charge in [0.1, 0.15) is 5.69 Å². The number of Topliss-reactive ketones (excluding diaryl/α,β-unsaturated/α-hetero) is 1. The Morgan fingerprint density at radius 3 is 2.41 bits per heavy atom. The van der Waals surface area contributed by atoms with Crippen molar-refractivity contribution in [3.05, 3.63) is 17.5 Å². The van der Waals surface area contributed by atoms with Crippen molar-refractivity contribution in [1.29, 1.82) is 0 Å². The van der Waals surface area contributed by atoms with E-state index in [1.54, 1.807) is 17.8 Å². The predicted molar refractivity (Wildman–Crippen MR) is 64.7 cm³/mol. The second kappa shape index (κ2) is 4.69. The summed E-state index contributed by atoms with van der Waals surface area (Å²) >= 11 is 0. The molecular formula is C12H19N3O2. The van der Waals surface area contributed by atoms with Crippen LogP contribution >= 0.6 is 0 Å². The van der Waals surface area contributed by atoms with Gasteiger partial charge in [-0.1, -0.05) is 20.8 Å². The molecule has 1 aromatic heterocycles. The Labute approximate surface area is 101 Å². The van der Waals surface area contributed by atoms with E-state index in [0.29, 0.717) is 5.69 Å². The molecule has 0 radical (unpaired) electrons. The molecule has 0 atom stereocenters. The van der Waals surface area contributed by atoms with E-state index in [0.717, 1.165) is 5.69 Å². The van der Waals surface area contributed by atoms with E-state index in [2.05, 4.69) is 10.4 Å². The standard InChI is InChI=1S/C12H19N3O2/c1-8-6-9(14-15(8)5)11(17)13-7-10(16)12(2,3)4/h6H,7H2,1-5H3,(H,13,17). The Morgan fingerprint density at radius 1 is 1.41 bits per heavy atom. The molecular weight excluding hydrogens is 218 g/mol. The summed E-state index contributed by atoms with van der Waals surface area (Å²) in [4.78, 5) is 23.3. The van der Waals surface area contributed by atoms with Crippen molar-refractivity contribution in [3.8, 4) is 0 Å². The highest BCUT2D eigenvalue weighted by Gasteiger charge is 2.22. The first kappa shape index (κ1) is 13.4. The maximum absolute atomic E-state index is 11.7. The number of carbonyl (C=O) groups excluding carboxylic acids is 2. The lowest BCUT2D eigenvalue weighted by Crippen LogP contribution is -2.35. The summed E-state index contributed by atoms with van der Waals surface area (Å²) < 4.78 is 1.63. The van der Waals surface area contributed by atoms with Crippen LogP contribution in [-0.2, 0) is 11.8 Å². The van der Waals surface area contributed by atoms with Crippen molar-refractivity contribution in [2.75, 3.05) is 6.54 Å². The molecule has 0 saturated carbocycles. The van der Waals surface area contributed by atoms with Gasteiger partial charge in [-0.25, -0.2) is 0 Å². The monoisotopic (exact) mass is 237 g/mol. The number of aryl methyl sites for hydroxylation is 2. The van der Waals surface area contributed by atoms with Crippen LogP contribution in [0.4, 0.5) is 0 Å². The van der Waals surface area contributed by atoms with Crippen molar-refractivity contribution in [2.24, 2.45) is 12.5 Å². The molecule has 1 N–H and O–H groups in total. The molecule has 1 aromatic rings. The van der Waals surface area contributed by atoms with Crippen molar-refractivity contribution in [2.45, 2.75) is 27.7 Å². The molecule has 0 aliphatic heterocycles. The predicted octanol–water partition coefficient (Wildman–Crippen LogP) is 1.07. The minimum atomic E-state index is -0.437. The third-order valence-corrected chi connectivity index (χ3v) is 2.59. The highest BCUT2D eigenvalue weighted by molar-refractivity contribution is 5.96. The summed E-state index contributed by atoms with van der Waals surface area (Å²) in [6, 6.07) is 1.69. The molecule has 0 saturated heterocycles. The lowest BCUT2D eigenvalue weighted by atomic mass is 9.91. The number of amides is 1. The molecule has 94 valence electrons. The second-order valence-electron chi connectivity index (χ2n) is 5.15. The number of nitrogens with zero attached hydrogens (tertiary/aromatic N) is 2.